The van der Waals surface area contributed by atoms with E-state index >= 15 is 0 Å². The Morgan fingerprint density at radius 1 is 0.838 bits per heavy atom. The van der Waals surface area contributed by atoms with E-state index in [0.29, 0.717) is 0 Å². The van der Waals surface area contributed by atoms with Gasteiger partial charge in [0.15, 0.2) is 11.9 Å². The average molecular weight is 529 g/mol. The molecule has 0 aromatic heterocycles. The van der Waals surface area contributed by atoms with Gasteiger partial charge in [-0.3, -0.25) is 0 Å². The third kappa shape index (κ3) is 12.7. The summed E-state index contributed by atoms with van der Waals surface area (Å²) in [6, 6.07) is 15.8. The van der Waals surface area contributed by atoms with Crippen molar-refractivity contribution in [1.82, 2.24) is 0 Å². The maximum Gasteiger partial charge on any atom is 0.377 e. The van der Waals surface area contributed by atoms with Gasteiger partial charge in [0.05, 0.1) is 19.8 Å². The molecule has 2 atom stereocenters. The average Bonchev–Trinajstić information content (AvgIpc) is 3.17. The third-order valence-electron chi connectivity index (χ3n) is 4.28. The molecular formula is C24H32O13. The number of aromatic carboxylic acids is 1. The van der Waals surface area contributed by atoms with Gasteiger partial charge < -0.3 is 55.8 Å². The van der Waals surface area contributed by atoms with E-state index in [1.54, 1.807) is 12.1 Å². The van der Waals surface area contributed by atoms with Crippen LogP contribution in [0.5, 0.6) is 5.75 Å². The summed E-state index contributed by atoms with van der Waals surface area (Å²) in [7, 11) is 0. The molecule has 0 saturated heterocycles. The van der Waals surface area contributed by atoms with Gasteiger partial charge in [0.1, 0.15) is 23.5 Å². The molecule has 0 spiro atoms. The van der Waals surface area contributed by atoms with Crippen LogP contribution in [0.3, 0.4) is 0 Å². The van der Waals surface area contributed by atoms with Crippen LogP contribution in [0.15, 0.2) is 66.1 Å². The summed E-state index contributed by atoms with van der Waals surface area (Å²) in [5.74, 6) is -4.09. The Morgan fingerprint density at radius 2 is 1.38 bits per heavy atom. The lowest BCUT2D eigenvalue weighted by Gasteiger charge is -2.13. The molecule has 2 aromatic carbocycles. The smallest absolute Gasteiger partial charge is 0.377 e. The number of aliphatic hydroxyl groups is 8. The Morgan fingerprint density at radius 3 is 1.73 bits per heavy atom. The highest BCUT2D eigenvalue weighted by atomic mass is 16.6. The fourth-order valence-corrected chi connectivity index (χ4v) is 2.31. The normalized spacial score (nSPS) is 14.8. The molecule has 0 aliphatic carbocycles. The third-order valence-corrected chi connectivity index (χ3v) is 4.28. The molecule has 1 aliphatic heterocycles. The summed E-state index contributed by atoms with van der Waals surface area (Å²) in [4.78, 5) is 20.8. The minimum atomic E-state index is -1.42. The lowest BCUT2D eigenvalue weighted by molar-refractivity contribution is -0.147. The molecule has 1 aliphatic rings. The summed E-state index contributed by atoms with van der Waals surface area (Å²) < 4.78 is 4.32. The van der Waals surface area contributed by atoms with Crippen LogP contribution in [0.2, 0.25) is 0 Å². The van der Waals surface area contributed by atoms with Crippen molar-refractivity contribution in [2.45, 2.75) is 24.7 Å². The van der Waals surface area contributed by atoms with Gasteiger partial charge >= 0.3 is 11.9 Å². The summed E-state index contributed by atoms with van der Waals surface area (Å²) in [5, 5.41) is 84.9. The Labute approximate surface area is 212 Å². The number of aromatic hydroxyl groups is 1. The highest BCUT2D eigenvalue weighted by molar-refractivity contribution is 5.90. The Hall–Kier alpha value is -3.72. The number of cyclic esters (lactones) is 1. The van der Waals surface area contributed by atoms with E-state index in [4.69, 9.17) is 51.1 Å². The van der Waals surface area contributed by atoms with Crippen LogP contribution in [-0.4, -0.2) is 108 Å². The Balaban J connectivity index is 0.000000480. The zero-order chi connectivity index (χ0) is 28.4. The number of phenols is 1. The number of ether oxygens (including phenoxy) is 1. The van der Waals surface area contributed by atoms with Gasteiger partial charge in [0.25, 0.3) is 0 Å². The molecule has 0 bridgehead atoms. The number of carbonyl (C=O) groups excluding carboxylic acids is 1. The topological polar surface area (TPSA) is 246 Å². The molecule has 0 amide bonds. The zero-order valence-corrected chi connectivity index (χ0v) is 19.7. The zero-order valence-electron chi connectivity index (χ0n) is 19.7. The molecule has 0 radical (unpaired) electrons. The summed E-state index contributed by atoms with van der Waals surface area (Å²) >= 11 is 0. The van der Waals surface area contributed by atoms with Crippen molar-refractivity contribution in [1.29, 1.82) is 0 Å². The maximum absolute atomic E-state index is 10.5. The largest absolute Gasteiger partial charge is 0.507 e. The van der Waals surface area contributed by atoms with E-state index in [2.05, 4.69) is 4.74 Å². The predicted molar refractivity (Wildman–Crippen MR) is 128 cm³/mol. The molecule has 0 fully saturated rings. The number of carbonyl (C=O) groups is 2. The summed E-state index contributed by atoms with van der Waals surface area (Å²) in [6.07, 6.45) is -2.97. The predicted octanol–water partition coefficient (Wildman–Crippen LogP) is -0.764. The van der Waals surface area contributed by atoms with Crippen molar-refractivity contribution in [2.24, 2.45) is 0 Å². The van der Waals surface area contributed by atoms with E-state index in [1.807, 2.05) is 30.3 Å². The molecule has 13 nitrogen and oxygen atoms in total. The van der Waals surface area contributed by atoms with E-state index in [9.17, 15) is 9.59 Å². The minimum Gasteiger partial charge on any atom is -0.507 e. The first kappa shape index (κ1) is 33.3. The number of aliphatic hydroxyl groups excluding tert-OH is 8. The van der Waals surface area contributed by atoms with Gasteiger partial charge in [-0.1, -0.05) is 42.5 Å². The van der Waals surface area contributed by atoms with E-state index in [1.165, 1.54) is 17.7 Å². The number of carboxylic acid groups (broad SMARTS) is 1. The second-order valence-corrected chi connectivity index (χ2v) is 7.11. The number of carboxylic acids is 1. The first-order valence-electron chi connectivity index (χ1n) is 10.7. The maximum atomic E-state index is 10.5. The number of esters is 1. The molecule has 37 heavy (non-hydrogen) atoms. The van der Waals surface area contributed by atoms with Crippen molar-refractivity contribution in [3.8, 4) is 5.75 Å². The number of hydrogen-bond donors (Lipinski definition) is 10. The van der Waals surface area contributed by atoms with Crippen LogP contribution < -0.4 is 0 Å². The fraction of sp³-hybridized carbons (Fsp3) is 0.333. The highest BCUT2D eigenvalue weighted by Gasteiger charge is 2.38. The SMILES string of the molecule is O=C(O)c1ccccc1O.O=C1O[C@H]([C@@H](O)CO)C(O)=C1O.OCC(O)CO.OCCc1ccccc1. The quantitative estimate of drug-likeness (QED) is 0.199. The van der Waals surface area contributed by atoms with Crippen molar-refractivity contribution in [2.75, 3.05) is 26.4 Å². The number of benzene rings is 2. The van der Waals surface area contributed by atoms with Gasteiger partial charge in [-0.2, -0.15) is 0 Å². The molecule has 1 heterocycles. The first-order chi connectivity index (χ1) is 17.5. The van der Waals surface area contributed by atoms with Gasteiger partial charge in [-0.25, -0.2) is 9.59 Å². The van der Waals surface area contributed by atoms with Crippen LogP contribution in [0.1, 0.15) is 15.9 Å². The number of para-hydroxylation sites is 1. The highest BCUT2D eigenvalue weighted by Crippen LogP contribution is 2.20. The molecule has 13 heteroatoms. The molecule has 3 rings (SSSR count). The lowest BCUT2D eigenvalue weighted by Crippen LogP contribution is -2.31. The standard InChI is InChI=1S/C8H10O.C7H6O3.C6H8O6.C3H8O3/c9-7-6-8-4-2-1-3-5-8;8-6-4-2-1-3-5(6)7(9)10;7-1-2(8)5-3(9)4(10)6(11)12-5;4-1-3(6)2-5/h1-5,9H,6-7H2;1-4,8H,(H,9,10);2,5,7-10H,1H2;3-6H,1-2H2/t;;2-,5+;/m..0./s1. The van der Waals surface area contributed by atoms with Gasteiger partial charge in [-0.15, -0.1) is 0 Å². The van der Waals surface area contributed by atoms with Gasteiger partial charge in [-0.05, 0) is 24.1 Å². The van der Waals surface area contributed by atoms with Crippen LogP contribution in [-0.2, 0) is 16.0 Å². The van der Waals surface area contributed by atoms with Crippen molar-refractivity contribution < 1.29 is 65.4 Å². The minimum absolute atomic E-state index is 0.0671. The Kier molecular flexibility index (Phi) is 16.7. The molecule has 206 valence electrons. The van der Waals surface area contributed by atoms with Crippen LogP contribution >= 0.6 is 0 Å². The van der Waals surface area contributed by atoms with Crippen molar-refractivity contribution in [3.05, 3.63) is 77.2 Å². The van der Waals surface area contributed by atoms with Crippen LogP contribution in [0.25, 0.3) is 0 Å². The van der Waals surface area contributed by atoms with Crippen LogP contribution in [0, 0.1) is 0 Å². The lowest BCUT2D eigenvalue weighted by atomic mass is 10.2. The van der Waals surface area contributed by atoms with E-state index in [-0.39, 0.29) is 31.1 Å². The monoisotopic (exact) mass is 528 g/mol. The number of rotatable bonds is 7. The van der Waals surface area contributed by atoms with Crippen molar-refractivity contribution in [3.63, 3.8) is 0 Å². The first-order valence-corrected chi connectivity index (χ1v) is 10.7. The van der Waals surface area contributed by atoms with Crippen molar-refractivity contribution >= 4 is 11.9 Å². The summed E-state index contributed by atoms with van der Waals surface area (Å²) in [5.41, 5.74) is 1.13. The number of hydrogen-bond acceptors (Lipinski definition) is 12. The molecule has 10 N–H and O–H groups in total. The molecule has 0 unspecified atom stereocenters. The Bertz CT molecular complexity index is 958. The summed E-state index contributed by atoms with van der Waals surface area (Å²) in [6.45, 7) is -1.16. The van der Waals surface area contributed by atoms with Gasteiger partial charge in [0, 0.05) is 6.61 Å². The second-order valence-electron chi connectivity index (χ2n) is 7.11. The fourth-order valence-electron chi connectivity index (χ4n) is 2.31. The molecular weight excluding hydrogens is 496 g/mol. The molecule has 2 aromatic rings. The van der Waals surface area contributed by atoms with E-state index in [0.717, 1.165) is 6.42 Å². The van der Waals surface area contributed by atoms with Crippen LogP contribution in [0.4, 0.5) is 0 Å². The molecule has 0 saturated carbocycles. The van der Waals surface area contributed by atoms with E-state index < -0.39 is 48.4 Å². The van der Waals surface area contributed by atoms with Gasteiger partial charge in [0.2, 0.25) is 5.76 Å². The second kappa shape index (κ2) is 18.5.